The fraction of sp³-hybridized carbons (Fsp3) is 0.400. The van der Waals surface area contributed by atoms with Gasteiger partial charge in [-0.15, -0.1) is 0 Å². The van der Waals surface area contributed by atoms with Gasteiger partial charge < -0.3 is 4.57 Å². The van der Waals surface area contributed by atoms with Gasteiger partial charge in [-0.05, 0) is 32.4 Å². The van der Waals surface area contributed by atoms with E-state index in [0.717, 1.165) is 5.56 Å². The lowest BCUT2D eigenvalue weighted by Crippen LogP contribution is -2.21. The second kappa shape index (κ2) is 6.38. The van der Waals surface area contributed by atoms with Gasteiger partial charge in [-0.2, -0.15) is 0 Å². The van der Waals surface area contributed by atoms with Crippen molar-refractivity contribution in [2.75, 3.05) is 5.75 Å². The summed E-state index contributed by atoms with van der Waals surface area (Å²) in [5.74, 6) is -0.168. The number of halogens is 2. The minimum Gasteiger partial charge on any atom is -0.330 e. The van der Waals surface area contributed by atoms with Crippen molar-refractivity contribution in [3.05, 3.63) is 40.9 Å². The Morgan fingerprint density at radius 2 is 2.05 bits per heavy atom. The van der Waals surface area contributed by atoms with Gasteiger partial charge in [0.15, 0.2) is 9.84 Å². The molecule has 0 spiro atoms. The molecule has 0 amide bonds. The second-order valence-electron chi connectivity index (χ2n) is 5.41. The van der Waals surface area contributed by atoms with E-state index in [4.69, 9.17) is 11.6 Å². The van der Waals surface area contributed by atoms with Gasteiger partial charge in [0.1, 0.15) is 11.6 Å². The summed E-state index contributed by atoms with van der Waals surface area (Å²) in [6.45, 7) is 5.27. The predicted molar refractivity (Wildman–Crippen MR) is 86.3 cm³/mol. The standard InChI is InChI=1S/C15H18ClFN2O2S/c1-10(2)22(20,21)9-8-19-7-6-18-15(19)13-12(17)5-4-11(3)14(13)16/h4-7,10H,8-9H2,1-3H3. The van der Waals surface area contributed by atoms with Gasteiger partial charge in [0.2, 0.25) is 0 Å². The lowest BCUT2D eigenvalue weighted by Gasteiger charge is -2.12. The maximum Gasteiger partial charge on any atom is 0.154 e. The van der Waals surface area contributed by atoms with Gasteiger partial charge in [0.25, 0.3) is 0 Å². The molecule has 0 saturated heterocycles. The van der Waals surface area contributed by atoms with Crippen LogP contribution in [0.5, 0.6) is 0 Å². The van der Waals surface area contributed by atoms with Crippen molar-refractivity contribution < 1.29 is 12.8 Å². The Kier molecular flexibility index (Phi) is 4.92. The van der Waals surface area contributed by atoms with Crippen molar-refractivity contribution in [2.24, 2.45) is 0 Å². The summed E-state index contributed by atoms with van der Waals surface area (Å²) in [6.07, 6.45) is 3.14. The third kappa shape index (κ3) is 3.33. The normalized spacial score (nSPS) is 12.1. The Balaban J connectivity index is 2.38. The van der Waals surface area contributed by atoms with Gasteiger partial charge >= 0.3 is 0 Å². The van der Waals surface area contributed by atoms with Crippen LogP contribution in [-0.4, -0.2) is 29.0 Å². The van der Waals surface area contributed by atoms with Crippen LogP contribution in [0.4, 0.5) is 4.39 Å². The van der Waals surface area contributed by atoms with E-state index >= 15 is 0 Å². The molecule has 1 aromatic heterocycles. The first-order chi connectivity index (χ1) is 10.2. The monoisotopic (exact) mass is 344 g/mol. The van der Waals surface area contributed by atoms with Crippen molar-refractivity contribution in [1.82, 2.24) is 9.55 Å². The molecule has 2 aromatic rings. The van der Waals surface area contributed by atoms with E-state index in [0.29, 0.717) is 10.8 Å². The molecule has 0 unspecified atom stereocenters. The second-order valence-corrected chi connectivity index (χ2v) is 8.47. The van der Waals surface area contributed by atoms with Crippen LogP contribution in [0.3, 0.4) is 0 Å². The summed E-state index contributed by atoms with van der Waals surface area (Å²) in [4.78, 5) is 4.14. The van der Waals surface area contributed by atoms with Gasteiger partial charge in [0.05, 0.1) is 21.6 Å². The molecule has 0 radical (unpaired) electrons. The van der Waals surface area contributed by atoms with Gasteiger partial charge in [-0.25, -0.2) is 17.8 Å². The number of hydrogen-bond donors (Lipinski definition) is 0. The summed E-state index contributed by atoms with van der Waals surface area (Å²) in [5, 5.41) is -0.155. The Morgan fingerprint density at radius 1 is 1.36 bits per heavy atom. The molecule has 22 heavy (non-hydrogen) atoms. The van der Waals surface area contributed by atoms with Crippen LogP contribution in [0, 0.1) is 12.7 Å². The molecule has 1 heterocycles. The number of aryl methyl sites for hydroxylation is 2. The first-order valence-electron chi connectivity index (χ1n) is 6.91. The average molecular weight is 345 g/mol. The van der Waals surface area contributed by atoms with E-state index < -0.39 is 20.9 Å². The summed E-state index contributed by atoms with van der Waals surface area (Å²) >= 11 is 6.19. The fourth-order valence-corrected chi connectivity index (χ4v) is 3.20. The highest BCUT2D eigenvalue weighted by Gasteiger charge is 2.20. The summed E-state index contributed by atoms with van der Waals surface area (Å²) in [5.41, 5.74) is 0.941. The quantitative estimate of drug-likeness (QED) is 0.834. The van der Waals surface area contributed by atoms with Crippen LogP contribution in [0.2, 0.25) is 5.02 Å². The van der Waals surface area contributed by atoms with Crippen molar-refractivity contribution in [1.29, 1.82) is 0 Å². The molecular formula is C15H18ClFN2O2S. The minimum absolute atomic E-state index is 0.0287. The van der Waals surface area contributed by atoms with Crippen LogP contribution in [0.1, 0.15) is 19.4 Å². The van der Waals surface area contributed by atoms with E-state index in [2.05, 4.69) is 4.98 Å². The first kappa shape index (κ1) is 17.0. The van der Waals surface area contributed by atoms with E-state index in [-0.39, 0.29) is 17.9 Å². The van der Waals surface area contributed by atoms with Crippen molar-refractivity contribution in [2.45, 2.75) is 32.6 Å². The smallest absolute Gasteiger partial charge is 0.154 e. The van der Waals surface area contributed by atoms with Crippen molar-refractivity contribution in [3.63, 3.8) is 0 Å². The topological polar surface area (TPSA) is 52.0 Å². The van der Waals surface area contributed by atoms with Gasteiger partial charge in [0, 0.05) is 18.9 Å². The summed E-state index contributed by atoms with van der Waals surface area (Å²) in [6, 6.07) is 2.93. The SMILES string of the molecule is Cc1ccc(F)c(-c2nccn2CCS(=O)(=O)C(C)C)c1Cl. The zero-order valence-corrected chi connectivity index (χ0v) is 14.2. The molecule has 0 aliphatic rings. The molecule has 0 aliphatic carbocycles. The highest BCUT2D eigenvalue weighted by atomic mass is 35.5. The number of nitrogens with zero attached hydrogens (tertiary/aromatic N) is 2. The molecule has 0 fully saturated rings. The van der Waals surface area contributed by atoms with Gasteiger partial charge in [-0.3, -0.25) is 0 Å². The van der Waals surface area contributed by atoms with Gasteiger partial charge in [-0.1, -0.05) is 17.7 Å². The Hall–Kier alpha value is -1.40. The average Bonchev–Trinajstić information content (AvgIpc) is 2.89. The van der Waals surface area contributed by atoms with Crippen LogP contribution >= 0.6 is 11.6 Å². The van der Waals surface area contributed by atoms with E-state index in [1.807, 2.05) is 0 Å². The molecule has 4 nitrogen and oxygen atoms in total. The molecule has 1 aromatic carbocycles. The van der Waals surface area contributed by atoms with Crippen LogP contribution in [0.15, 0.2) is 24.5 Å². The number of benzene rings is 1. The van der Waals surface area contributed by atoms with E-state index in [9.17, 15) is 12.8 Å². The molecular weight excluding hydrogens is 327 g/mol. The zero-order chi connectivity index (χ0) is 16.5. The van der Waals surface area contributed by atoms with Crippen LogP contribution in [0.25, 0.3) is 11.4 Å². The molecule has 7 heteroatoms. The third-order valence-corrected chi connectivity index (χ3v) is 6.23. The van der Waals surface area contributed by atoms with Crippen LogP contribution in [-0.2, 0) is 16.4 Å². The number of imidazole rings is 1. The number of aromatic nitrogens is 2. The third-order valence-electron chi connectivity index (χ3n) is 3.56. The lowest BCUT2D eigenvalue weighted by molar-refractivity contribution is 0.580. The first-order valence-corrected chi connectivity index (χ1v) is 9.01. The summed E-state index contributed by atoms with van der Waals surface area (Å²) in [7, 11) is -3.18. The zero-order valence-electron chi connectivity index (χ0n) is 12.7. The molecule has 0 N–H and O–H groups in total. The fourth-order valence-electron chi connectivity index (χ4n) is 2.04. The molecule has 0 bridgehead atoms. The van der Waals surface area contributed by atoms with E-state index in [1.54, 1.807) is 37.6 Å². The highest BCUT2D eigenvalue weighted by Crippen LogP contribution is 2.32. The Bertz CT molecular complexity index is 785. The largest absolute Gasteiger partial charge is 0.330 e. The van der Waals surface area contributed by atoms with Crippen molar-refractivity contribution >= 4 is 21.4 Å². The molecule has 120 valence electrons. The molecule has 0 aliphatic heterocycles. The molecule has 2 rings (SSSR count). The minimum atomic E-state index is -3.18. The number of sulfone groups is 1. The number of hydrogen-bond acceptors (Lipinski definition) is 3. The predicted octanol–water partition coefficient (Wildman–Crippen LogP) is 3.47. The van der Waals surface area contributed by atoms with E-state index in [1.165, 1.54) is 12.3 Å². The maximum absolute atomic E-state index is 14.1. The van der Waals surface area contributed by atoms with Crippen LogP contribution < -0.4 is 0 Å². The van der Waals surface area contributed by atoms with Crippen molar-refractivity contribution in [3.8, 4) is 11.4 Å². The highest BCUT2D eigenvalue weighted by molar-refractivity contribution is 7.91. The maximum atomic E-state index is 14.1. The molecule has 0 saturated carbocycles. The lowest BCUT2D eigenvalue weighted by atomic mass is 10.1. The Morgan fingerprint density at radius 3 is 2.68 bits per heavy atom. The summed E-state index contributed by atoms with van der Waals surface area (Å²) < 4.78 is 39.6. The molecule has 0 atom stereocenters. The number of rotatable bonds is 5. The Labute approximate surface area is 134 Å².